The minimum atomic E-state index is -0.446. The molecule has 2 saturated heterocycles. The molecule has 0 N–H and O–H groups in total. The van der Waals surface area contributed by atoms with Crippen LogP contribution in [0.15, 0.2) is 0 Å². The minimum absolute atomic E-state index is 0.0211. The zero-order chi connectivity index (χ0) is 15.7. The molecule has 0 aromatic heterocycles. The van der Waals surface area contributed by atoms with Crippen molar-refractivity contribution in [3.63, 3.8) is 0 Å². The number of rotatable bonds is 4. The summed E-state index contributed by atoms with van der Waals surface area (Å²) in [5, 5.41) is 0. The summed E-state index contributed by atoms with van der Waals surface area (Å²) in [7, 11) is 1.53. The van der Waals surface area contributed by atoms with Crippen molar-refractivity contribution in [2.24, 2.45) is 0 Å². The van der Waals surface area contributed by atoms with Crippen LogP contribution in [-0.4, -0.2) is 78.0 Å². The number of hydrogen-bond donors (Lipinski definition) is 0. The average Bonchev–Trinajstić information content (AvgIpc) is 3.29. The first-order valence-electron chi connectivity index (χ1n) is 7.99. The first kappa shape index (κ1) is 15.3. The van der Waals surface area contributed by atoms with Crippen LogP contribution >= 0.6 is 0 Å². The van der Waals surface area contributed by atoms with E-state index in [4.69, 9.17) is 4.74 Å². The van der Waals surface area contributed by atoms with E-state index < -0.39 is 6.10 Å². The molecule has 1 unspecified atom stereocenters. The van der Waals surface area contributed by atoms with Gasteiger partial charge in [0.15, 0.2) is 0 Å². The topological polar surface area (TPSA) is 70.2 Å². The Labute approximate surface area is 130 Å². The molecule has 2 aliphatic heterocycles. The fourth-order valence-electron chi connectivity index (χ4n) is 3.15. The lowest BCUT2D eigenvalue weighted by Gasteiger charge is -2.25. The molecule has 7 nitrogen and oxygen atoms in total. The Morgan fingerprint density at radius 1 is 1.23 bits per heavy atom. The number of amides is 3. The van der Waals surface area contributed by atoms with E-state index in [-0.39, 0.29) is 30.8 Å². The zero-order valence-electron chi connectivity index (χ0n) is 13.0. The van der Waals surface area contributed by atoms with Gasteiger partial charge in [-0.05, 0) is 32.1 Å². The molecular formula is C15H23N3O4. The van der Waals surface area contributed by atoms with E-state index in [9.17, 15) is 14.4 Å². The van der Waals surface area contributed by atoms with Gasteiger partial charge in [0.2, 0.25) is 11.8 Å². The molecule has 22 heavy (non-hydrogen) atoms. The van der Waals surface area contributed by atoms with E-state index in [1.165, 1.54) is 7.11 Å². The third kappa shape index (κ3) is 3.09. The molecule has 0 bridgehead atoms. The molecule has 3 aliphatic rings. The lowest BCUT2D eigenvalue weighted by Crippen LogP contribution is -2.45. The molecule has 3 amide bonds. The standard InChI is InChI=1S/C15H23N3O4/c1-22-12-4-2-3-7-16(15(12)21)8-13(19)17-9-14(20)18(10-17)11-5-6-11/h11-12H,2-10H2,1H3. The van der Waals surface area contributed by atoms with Crippen LogP contribution in [0.25, 0.3) is 0 Å². The molecule has 0 aromatic rings. The normalized spacial score (nSPS) is 26.6. The third-order valence-corrected chi connectivity index (χ3v) is 4.65. The Morgan fingerprint density at radius 3 is 2.68 bits per heavy atom. The first-order chi connectivity index (χ1) is 10.6. The number of hydrogen-bond acceptors (Lipinski definition) is 4. The van der Waals surface area contributed by atoms with Gasteiger partial charge >= 0.3 is 0 Å². The van der Waals surface area contributed by atoms with Gasteiger partial charge in [0.25, 0.3) is 5.91 Å². The van der Waals surface area contributed by atoms with E-state index in [0.29, 0.717) is 25.7 Å². The van der Waals surface area contributed by atoms with Gasteiger partial charge in [0.1, 0.15) is 12.6 Å². The molecule has 7 heteroatoms. The zero-order valence-corrected chi connectivity index (χ0v) is 13.0. The van der Waals surface area contributed by atoms with Gasteiger partial charge in [-0.2, -0.15) is 0 Å². The molecule has 0 aromatic carbocycles. The summed E-state index contributed by atoms with van der Waals surface area (Å²) in [6.07, 6.45) is 4.14. The molecule has 3 fully saturated rings. The highest BCUT2D eigenvalue weighted by molar-refractivity contribution is 5.91. The second-order valence-corrected chi connectivity index (χ2v) is 6.31. The molecule has 0 spiro atoms. The highest BCUT2D eigenvalue weighted by atomic mass is 16.5. The van der Waals surface area contributed by atoms with Crippen molar-refractivity contribution >= 4 is 17.7 Å². The van der Waals surface area contributed by atoms with Gasteiger partial charge in [0.05, 0.1) is 13.2 Å². The smallest absolute Gasteiger partial charge is 0.252 e. The Balaban J connectivity index is 1.58. The van der Waals surface area contributed by atoms with Crippen LogP contribution in [0, 0.1) is 0 Å². The lowest BCUT2D eigenvalue weighted by atomic mass is 10.2. The number of carbonyl (C=O) groups excluding carboxylic acids is 3. The predicted molar refractivity (Wildman–Crippen MR) is 77.7 cm³/mol. The SMILES string of the molecule is COC1CCCCN(CC(=O)N2CC(=O)N(C3CC3)C2)C1=O. The summed E-state index contributed by atoms with van der Waals surface area (Å²) in [5.41, 5.74) is 0. The fraction of sp³-hybridized carbons (Fsp3) is 0.800. The van der Waals surface area contributed by atoms with Gasteiger partial charge in [-0.15, -0.1) is 0 Å². The molecule has 2 heterocycles. The molecule has 3 rings (SSSR count). The molecule has 1 saturated carbocycles. The Bertz CT molecular complexity index is 477. The molecule has 0 radical (unpaired) electrons. The van der Waals surface area contributed by atoms with Crippen LogP contribution in [0.5, 0.6) is 0 Å². The molecule has 122 valence electrons. The summed E-state index contributed by atoms with van der Waals surface area (Å²) in [6.45, 7) is 1.15. The van der Waals surface area contributed by atoms with Crippen molar-refractivity contribution in [3.05, 3.63) is 0 Å². The van der Waals surface area contributed by atoms with Gasteiger partial charge < -0.3 is 19.4 Å². The van der Waals surface area contributed by atoms with Gasteiger partial charge in [-0.25, -0.2) is 0 Å². The van der Waals surface area contributed by atoms with Gasteiger partial charge in [-0.3, -0.25) is 14.4 Å². The highest BCUT2D eigenvalue weighted by Gasteiger charge is 2.40. The maximum absolute atomic E-state index is 12.4. The van der Waals surface area contributed by atoms with E-state index in [0.717, 1.165) is 25.7 Å². The quantitative estimate of drug-likeness (QED) is 0.721. The summed E-state index contributed by atoms with van der Waals surface area (Å²) in [5.74, 6) is -0.243. The predicted octanol–water partition coefficient (Wildman–Crippen LogP) is -0.195. The van der Waals surface area contributed by atoms with Crippen LogP contribution < -0.4 is 0 Å². The van der Waals surface area contributed by atoms with Crippen LogP contribution in [0.1, 0.15) is 32.1 Å². The fourth-order valence-corrected chi connectivity index (χ4v) is 3.15. The summed E-state index contributed by atoms with van der Waals surface area (Å²) in [6, 6.07) is 0.322. The highest BCUT2D eigenvalue weighted by Crippen LogP contribution is 2.29. The molecular weight excluding hydrogens is 286 g/mol. The minimum Gasteiger partial charge on any atom is -0.372 e. The number of ether oxygens (including phenoxy) is 1. The number of carbonyl (C=O) groups is 3. The van der Waals surface area contributed by atoms with E-state index in [1.54, 1.807) is 14.7 Å². The molecule has 1 aliphatic carbocycles. The Morgan fingerprint density at radius 2 is 2.00 bits per heavy atom. The summed E-state index contributed by atoms with van der Waals surface area (Å²) < 4.78 is 5.22. The monoisotopic (exact) mass is 309 g/mol. The van der Waals surface area contributed by atoms with E-state index in [1.807, 2.05) is 0 Å². The van der Waals surface area contributed by atoms with Crippen LogP contribution in [-0.2, 0) is 19.1 Å². The number of methoxy groups -OCH3 is 1. The van der Waals surface area contributed by atoms with Crippen molar-refractivity contribution in [1.29, 1.82) is 0 Å². The van der Waals surface area contributed by atoms with Crippen molar-refractivity contribution in [3.8, 4) is 0 Å². The van der Waals surface area contributed by atoms with Crippen LogP contribution in [0.2, 0.25) is 0 Å². The average molecular weight is 309 g/mol. The number of nitrogens with zero attached hydrogens (tertiary/aromatic N) is 3. The molecule has 1 atom stereocenters. The second kappa shape index (κ2) is 6.24. The Hall–Kier alpha value is -1.63. The first-order valence-corrected chi connectivity index (χ1v) is 7.99. The largest absolute Gasteiger partial charge is 0.372 e. The van der Waals surface area contributed by atoms with Crippen molar-refractivity contribution < 1.29 is 19.1 Å². The van der Waals surface area contributed by atoms with Crippen molar-refractivity contribution in [1.82, 2.24) is 14.7 Å². The summed E-state index contributed by atoms with van der Waals surface area (Å²) in [4.78, 5) is 41.6. The second-order valence-electron chi connectivity index (χ2n) is 6.31. The van der Waals surface area contributed by atoms with Crippen LogP contribution in [0.4, 0.5) is 0 Å². The van der Waals surface area contributed by atoms with E-state index in [2.05, 4.69) is 0 Å². The Kier molecular flexibility index (Phi) is 4.33. The van der Waals surface area contributed by atoms with Gasteiger partial charge in [-0.1, -0.05) is 0 Å². The van der Waals surface area contributed by atoms with E-state index >= 15 is 0 Å². The maximum atomic E-state index is 12.4. The third-order valence-electron chi connectivity index (χ3n) is 4.65. The lowest BCUT2D eigenvalue weighted by molar-refractivity contribution is -0.146. The summed E-state index contributed by atoms with van der Waals surface area (Å²) >= 11 is 0. The maximum Gasteiger partial charge on any atom is 0.252 e. The van der Waals surface area contributed by atoms with Crippen LogP contribution in [0.3, 0.4) is 0 Å². The number of likely N-dealkylation sites (tertiary alicyclic amines) is 1. The van der Waals surface area contributed by atoms with Gasteiger partial charge in [0, 0.05) is 19.7 Å². The van der Waals surface area contributed by atoms with Crippen molar-refractivity contribution in [2.75, 3.05) is 33.4 Å². The van der Waals surface area contributed by atoms with Crippen molar-refractivity contribution in [2.45, 2.75) is 44.2 Å².